The lowest BCUT2D eigenvalue weighted by Gasteiger charge is -2.10. The van der Waals surface area contributed by atoms with Crippen molar-refractivity contribution in [2.45, 2.75) is 18.9 Å². The van der Waals surface area contributed by atoms with Crippen molar-refractivity contribution >= 4 is 5.91 Å². The summed E-state index contributed by atoms with van der Waals surface area (Å²) in [6.07, 6.45) is 3.46. The molecule has 0 bridgehead atoms. The van der Waals surface area contributed by atoms with Gasteiger partial charge in [0, 0.05) is 18.7 Å². The summed E-state index contributed by atoms with van der Waals surface area (Å²) in [6.45, 7) is 1.29. The minimum absolute atomic E-state index is 0.117. The number of nitrogens with zero attached hydrogens (tertiary/aromatic N) is 1. The Kier molecular flexibility index (Phi) is 3.78. The van der Waals surface area contributed by atoms with Crippen molar-refractivity contribution < 1.29 is 13.9 Å². The lowest BCUT2D eigenvalue weighted by Crippen LogP contribution is -2.32. The fourth-order valence-electron chi connectivity index (χ4n) is 2.30. The first-order chi connectivity index (χ1) is 9.84. The van der Waals surface area contributed by atoms with E-state index in [0.717, 1.165) is 25.0 Å². The van der Waals surface area contributed by atoms with E-state index in [9.17, 15) is 4.79 Å². The third-order valence-electron chi connectivity index (χ3n) is 3.33. The summed E-state index contributed by atoms with van der Waals surface area (Å²) < 4.78 is 10.8. The number of ether oxygens (including phenoxy) is 1. The van der Waals surface area contributed by atoms with Crippen molar-refractivity contribution in [3.8, 4) is 11.3 Å². The standard InChI is InChI=1S/C15H16N2O3/c18-15(16-9-12-7-4-8-19-12)13-14(20-10-17-13)11-5-2-1-3-6-11/h1-3,5-6,10,12H,4,7-9H2,(H,16,18). The Morgan fingerprint density at radius 2 is 2.20 bits per heavy atom. The second kappa shape index (κ2) is 5.88. The Hall–Kier alpha value is -2.14. The molecule has 20 heavy (non-hydrogen) atoms. The van der Waals surface area contributed by atoms with Crippen LogP contribution < -0.4 is 5.32 Å². The van der Waals surface area contributed by atoms with Gasteiger partial charge < -0.3 is 14.5 Å². The summed E-state index contributed by atoms with van der Waals surface area (Å²) in [4.78, 5) is 16.2. The average Bonchev–Trinajstić information content (AvgIpc) is 3.17. The molecule has 1 amide bonds. The van der Waals surface area contributed by atoms with Gasteiger partial charge in [0.15, 0.2) is 17.8 Å². The molecule has 1 N–H and O–H groups in total. The van der Waals surface area contributed by atoms with Crippen LogP contribution in [0, 0.1) is 0 Å². The summed E-state index contributed by atoms with van der Waals surface area (Å²) in [6, 6.07) is 9.48. The Morgan fingerprint density at radius 3 is 2.95 bits per heavy atom. The number of aromatic nitrogens is 1. The van der Waals surface area contributed by atoms with Crippen LogP contribution in [0.2, 0.25) is 0 Å². The highest BCUT2D eigenvalue weighted by molar-refractivity contribution is 5.97. The maximum atomic E-state index is 12.2. The highest BCUT2D eigenvalue weighted by Gasteiger charge is 2.21. The largest absolute Gasteiger partial charge is 0.443 e. The molecule has 1 aliphatic rings. The van der Waals surface area contributed by atoms with Crippen LogP contribution in [0.15, 0.2) is 41.1 Å². The van der Waals surface area contributed by atoms with Gasteiger partial charge in [0.1, 0.15) is 0 Å². The molecule has 1 unspecified atom stereocenters. The van der Waals surface area contributed by atoms with E-state index in [2.05, 4.69) is 10.3 Å². The first-order valence-corrected chi connectivity index (χ1v) is 6.73. The number of nitrogens with one attached hydrogen (secondary N) is 1. The van der Waals surface area contributed by atoms with E-state index in [1.807, 2.05) is 30.3 Å². The molecule has 5 heteroatoms. The topological polar surface area (TPSA) is 64.4 Å². The van der Waals surface area contributed by atoms with Crippen LogP contribution in [0.5, 0.6) is 0 Å². The van der Waals surface area contributed by atoms with E-state index in [1.165, 1.54) is 6.39 Å². The van der Waals surface area contributed by atoms with Gasteiger partial charge in [-0.25, -0.2) is 4.98 Å². The number of carbonyl (C=O) groups is 1. The number of hydrogen-bond donors (Lipinski definition) is 1. The summed E-state index contributed by atoms with van der Waals surface area (Å²) in [5.41, 5.74) is 1.15. The van der Waals surface area contributed by atoms with Gasteiger partial charge in [0.2, 0.25) is 0 Å². The maximum Gasteiger partial charge on any atom is 0.274 e. The molecule has 0 aliphatic carbocycles. The van der Waals surface area contributed by atoms with Crippen LogP contribution in [0.1, 0.15) is 23.3 Å². The molecule has 3 rings (SSSR count). The molecule has 104 valence electrons. The van der Waals surface area contributed by atoms with Crippen LogP contribution in [0.25, 0.3) is 11.3 Å². The maximum absolute atomic E-state index is 12.2. The number of amides is 1. The zero-order valence-corrected chi connectivity index (χ0v) is 11.0. The minimum atomic E-state index is -0.229. The zero-order chi connectivity index (χ0) is 13.8. The lowest BCUT2D eigenvalue weighted by atomic mass is 10.1. The van der Waals surface area contributed by atoms with Crippen LogP contribution in [-0.4, -0.2) is 30.1 Å². The minimum Gasteiger partial charge on any atom is -0.443 e. The molecule has 1 aliphatic heterocycles. The number of benzene rings is 1. The monoisotopic (exact) mass is 272 g/mol. The first kappa shape index (κ1) is 12.9. The Morgan fingerprint density at radius 1 is 1.35 bits per heavy atom. The van der Waals surface area contributed by atoms with E-state index in [4.69, 9.17) is 9.15 Å². The summed E-state index contributed by atoms with van der Waals surface area (Å²) in [7, 11) is 0. The van der Waals surface area contributed by atoms with Crippen molar-refractivity contribution in [2.75, 3.05) is 13.2 Å². The summed E-state index contributed by atoms with van der Waals surface area (Å²) >= 11 is 0. The fourth-order valence-corrected chi connectivity index (χ4v) is 2.30. The van der Waals surface area contributed by atoms with Gasteiger partial charge in [-0.1, -0.05) is 30.3 Å². The molecule has 5 nitrogen and oxygen atoms in total. The second-order valence-corrected chi connectivity index (χ2v) is 4.74. The molecule has 2 aromatic rings. The van der Waals surface area contributed by atoms with E-state index in [0.29, 0.717) is 18.0 Å². The van der Waals surface area contributed by atoms with E-state index in [-0.39, 0.29) is 12.0 Å². The van der Waals surface area contributed by atoms with Crippen LogP contribution in [-0.2, 0) is 4.74 Å². The van der Waals surface area contributed by atoms with Gasteiger partial charge in [-0.15, -0.1) is 0 Å². The van der Waals surface area contributed by atoms with E-state index < -0.39 is 0 Å². The Bertz CT molecular complexity index is 574. The average molecular weight is 272 g/mol. The third kappa shape index (κ3) is 2.72. The molecule has 1 aromatic heterocycles. The van der Waals surface area contributed by atoms with Crippen molar-refractivity contribution in [3.63, 3.8) is 0 Å². The number of carbonyl (C=O) groups excluding carboxylic acids is 1. The predicted octanol–water partition coefficient (Wildman–Crippen LogP) is 2.25. The molecule has 1 atom stereocenters. The van der Waals surface area contributed by atoms with Gasteiger partial charge in [0.05, 0.1) is 6.10 Å². The first-order valence-electron chi connectivity index (χ1n) is 6.73. The quantitative estimate of drug-likeness (QED) is 0.927. The number of hydrogen-bond acceptors (Lipinski definition) is 4. The van der Waals surface area contributed by atoms with Gasteiger partial charge >= 0.3 is 0 Å². The Labute approximate surface area is 117 Å². The molecular formula is C15H16N2O3. The van der Waals surface area contributed by atoms with Gasteiger partial charge in [-0.05, 0) is 12.8 Å². The van der Waals surface area contributed by atoms with Gasteiger partial charge in [0.25, 0.3) is 5.91 Å². The highest BCUT2D eigenvalue weighted by Crippen LogP contribution is 2.22. The van der Waals surface area contributed by atoms with Gasteiger partial charge in [-0.3, -0.25) is 4.79 Å². The van der Waals surface area contributed by atoms with Crippen molar-refractivity contribution in [2.24, 2.45) is 0 Å². The van der Waals surface area contributed by atoms with E-state index >= 15 is 0 Å². The van der Waals surface area contributed by atoms with Crippen LogP contribution in [0.4, 0.5) is 0 Å². The fraction of sp³-hybridized carbons (Fsp3) is 0.333. The summed E-state index contributed by atoms with van der Waals surface area (Å²) in [5, 5.41) is 2.85. The highest BCUT2D eigenvalue weighted by atomic mass is 16.5. The molecule has 0 spiro atoms. The second-order valence-electron chi connectivity index (χ2n) is 4.74. The van der Waals surface area contributed by atoms with Gasteiger partial charge in [-0.2, -0.15) is 0 Å². The molecule has 0 radical (unpaired) electrons. The van der Waals surface area contributed by atoms with Crippen LogP contribution in [0.3, 0.4) is 0 Å². The molecule has 2 heterocycles. The molecule has 1 aromatic carbocycles. The molecule has 1 fully saturated rings. The third-order valence-corrected chi connectivity index (χ3v) is 3.33. The van der Waals surface area contributed by atoms with Crippen molar-refractivity contribution in [1.29, 1.82) is 0 Å². The zero-order valence-electron chi connectivity index (χ0n) is 11.0. The number of rotatable bonds is 4. The normalized spacial score (nSPS) is 18.1. The van der Waals surface area contributed by atoms with E-state index in [1.54, 1.807) is 0 Å². The lowest BCUT2D eigenvalue weighted by molar-refractivity contribution is 0.0854. The smallest absolute Gasteiger partial charge is 0.274 e. The van der Waals surface area contributed by atoms with Crippen molar-refractivity contribution in [1.82, 2.24) is 10.3 Å². The summed E-state index contributed by atoms with van der Waals surface area (Å²) in [5.74, 6) is 0.267. The van der Waals surface area contributed by atoms with Crippen molar-refractivity contribution in [3.05, 3.63) is 42.4 Å². The number of oxazole rings is 1. The molecular weight excluding hydrogens is 256 g/mol. The molecule has 1 saturated heterocycles. The predicted molar refractivity (Wildman–Crippen MR) is 73.2 cm³/mol. The molecule has 0 saturated carbocycles. The van der Waals surface area contributed by atoms with Crippen LogP contribution >= 0.6 is 0 Å². The SMILES string of the molecule is O=C(NCC1CCCO1)c1ncoc1-c1ccccc1. The Balaban J connectivity index is 1.70.